The minimum absolute atomic E-state index is 0.355. The molecule has 0 amide bonds. The van der Waals surface area contributed by atoms with Gasteiger partial charge in [0.25, 0.3) is 0 Å². The number of carbonyl (C=O) groups is 1. The molecule has 0 radical (unpaired) electrons. The number of hydroxylamine groups is 1. The van der Waals surface area contributed by atoms with E-state index in [-0.39, 0.29) is 5.97 Å². The lowest BCUT2D eigenvalue weighted by molar-refractivity contribution is -0.186. The molecule has 1 atom stereocenters. The van der Waals surface area contributed by atoms with Crippen LogP contribution in [-0.4, -0.2) is 27.9 Å². The number of nitrogens with zero attached hydrogens (tertiary/aromatic N) is 2. The number of hydrogen-bond donors (Lipinski definition) is 1. The second kappa shape index (κ2) is 7.83. The molecular weight excluding hydrogens is 394 g/mol. The van der Waals surface area contributed by atoms with Crippen molar-refractivity contribution in [1.82, 2.24) is 15.3 Å². The van der Waals surface area contributed by atoms with E-state index in [1.165, 1.54) is 0 Å². The first-order valence-corrected chi connectivity index (χ1v) is 10.2. The van der Waals surface area contributed by atoms with Crippen LogP contribution in [0.1, 0.15) is 48.0 Å². The van der Waals surface area contributed by atoms with E-state index in [2.05, 4.69) is 10.6 Å². The van der Waals surface area contributed by atoms with Crippen molar-refractivity contribution in [1.29, 1.82) is 0 Å². The number of carbonyl (C=O) groups excluding carboxylic acids is 1. The van der Waals surface area contributed by atoms with Gasteiger partial charge in [-0.05, 0) is 57.5 Å². The molecule has 162 valence electrons. The Morgan fingerprint density at radius 2 is 1.77 bits per heavy atom. The first-order chi connectivity index (χ1) is 14.7. The average molecular weight is 421 g/mol. The van der Waals surface area contributed by atoms with E-state index in [4.69, 9.17) is 14.3 Å². The molecule has 1 aromatic heterocycles. The van der Waals surface area contributed by atoms with Gasteiger partial charge in [-0.2, -0.15) is 10.6 Å². The summed E-state index contributed by atoms with van der Waals surface area (Å²) in [6, 6.07) is 16.9. The van der Waals surface area contributed by atoms with Crippen molar-refractivity contribution in [3.05, 3.63) is 77.0 Å². The molecule has 0 bridgehead atoms. The highest BCUT2D eigenvalue weighted by Crippen LogP contribution is 2.44. The van der Waals surface area contributed by atoms with E-state index in [9.17, 15) is 4.79 Å². The molecule has 1 aliphatic rings. The number of esters is 1. The van der Waals surface area contributed by atoms with Gasteiger partial charge in [0.05, 0.1) is 23.4 Å². The molecule has 2 aromatic carbocycles. The van der Waals surface area contributed by atoms with Crippen LogP contribution in [0.4, 0.5) is 0 Å². The van der Waals surface area contributed by atoms with E-state index < -0.39 is 11.2 Å². The zero-order chi connectivity index (χ0) is 22.2. The molecule has 7 nitrogen and oxygen atoms in total. The molecule has 4 rings (SSSR count). The Bertz CT molecular complexity index is 1080. The predicted molar refractivity (Wildman–Crippen MR) is 116 cm³/mol. The fourth-order valence-corrected chi connectivity index (χ4v) is 3.69. The normalized spacial score (nSPS) is 18.4. The lowest BCUT2D eigenvalue weighted by atomic mass is 9.84. The first kappa shape index (κ1) is 21.1. The monoisotopic (exact) mass is 421 g/mol. The largest absolute Gasteiger partial charge is 0.456 e. The number of rotatable bonds is 5. The Morgan fingerprint density at radius 1 is 1.13 bits per heavy atom. The van der Waals surface area contributed by atoms with Gasteiger partial charge in [0.15, 0.2) is 5.60 Å². The molecule has 0 spiro atoms. The van der Waals surface area contributed by atoms with Crippen LogP contribution < -0.4 is 10.2 Å². The van der Waals surface area contributed by atoms with Gasteiger partial charge in [-0.1, -0.05) is 30.3 Å². The highest BCUT2D eigenvalue weighted by atomic mass is 16.7. The van der Waals surface area contributed by atoms with Crippen molar-refractivity contribution in [2.75, 3.05) is 6.54 Å². The summed E-state index contributed by atoms with van der Waals surface area (Å²) < 4.78 is 13.4. The molecule has 7 heteroatoms. The minimum Gasteiger partial charge on any atom is -0.456 e. The van der Waals surface area contributed by atoms with Gasteiger partial charge in [-0.25, -0.2) is 9.48 Å². The Labute approximate surface area is 181 Å². The quantitative estimate of drug-likeness (QED) is 0.621. The van der Waals surface area contributed by atoms with Gasteiger partial charge in [-0.15, -0.1) is 0 Å². The van der Waals surface area contributed by atoms with Crippen LogP contribution in [0.3, 0.4) is 0 Å². The highest BCUT2D eigenvalue weighted by molar-refractivity contribution is 5.89. The van der Waals surface area contributed by atoms with Gasteiger partial charge in [0, 0.05) is 7.05 Å². The number of para-hydroxylation sites is 1. The molecule has 2 heterocycles. The second-order valence-corrected chi connectivity index (χ2v) is 8.63. The van der Waals surface area contributed by atoms with Crippen LogP contribution in [0, 0.1) is 6.92 Å². The Morgan fingerprint density at radius 3 is 2.32 bits per heavy atom. The zero-order valence-corrected chi connectivity index (χ0v) is 18.4. The van der Waals surface area contributed by atoms with Crippen LogP contribution in [0.5, 0.6) is 11.6 Å². The standard InChI is InChI=1S/C24H27N3O4/c1-16-20(21(27(5)26-16)29-19-9-7-6-8-10-19)24(15-25-31-24)18-13-11-17(12-14-18)22(28)30-23(2,3)4/h6-14,25H,15H2,1-5H3. The van der Waals surface area contributed by atoms with Gasteiger partial charge in [-0.3, -0.25) is 4.84 Å². The van der Waals surface area contributed by atoms with E-state index in [1.807, 2.05) is 77.2 Å². The van der Waals surface area contributed by atoms with E-state index in [0.29, 0.717) is 18.0 Å². The van der Waals surface area contributed by atoms with Crippen molar-refractivity contribution in [2.24, 2.45) is 7.05 Å². The van der Waals surface area contributed by atoms with E-state index in [0.717, 1.165) is 22.6 Å². The minimum atomic E-state index is -0.769. The molecule has 0 saturated carbocycles. The second-order valence-electron chi connectivity index (χ2n) is 8.63. The van der Waals surface area contributed by atoms with Gasteiger partial charge in [0.2, 0.25) is 5.88 Å². The van der Waals surface area contributed by atoms with Crippen LogP contribution in [0.25, 0.3) is 0 Å². The smallest absolute Gasteiger partial charge is 0.338 e. The van der Waals surface area contributed by atoms with Crippen molar-refractivity contribution in [3.8, 4) is 11.6 Å². The van der Waals surface area contributed by atoms with Gasteiger partial charge < -0.3 is 9.47 Å². The van der Waals surface area contributed by atoms with Crippen LogP contribution in [0.15, 0.2) is 54.6 Å². The maximum Gasteiger partial charge on any atom is 0.338 e. The van der Waals surface area contributed by atoms with E-state index >= 15 is 0 Å². The SMILES string of the molecule is Cc1nn(C)c(Oc2ccccc2)c1C1(c2ccc(C(=O)OC(C)(C)C)cc2)CNO1. The summed E-state index contributed by atoms with van der Waals surface area (Å²) in [7, 11) is 1.85. The van der Waals surface area contributed by atoms with Crippen molar-refractivity contribution in [2.45, 2.75) is 38.9 Å². The third kappa shape index (κ3) is 4.06. The average Bonchev–Trinajstić information content (AvgIpc) is 2.95. The lowest BCUT2D eigenvalue weighted by Crippen LogP contribution is -2.55. The van der Waals surface area contributed by atoms with Crippen molar-refractivity contribution >= 4 is 5.97 Å². The molecule has 3 aromatic rings. The number of benzene rings is 2. The molecule has 1 saturated heterocycles. The zero-order valence-electron chi connectivity index (χ0n) is 18.4. The molecule has 1 aliphatic heterocycles. The fraction of sp³-hybridized carbons (Fsp3) is 0.333. The summed E-state index contributed by atoms with van der Waals surface area (Å²) in [5.74, 6) is 0.974. The Hall–Kier alpha value is -3.16. The summed E-state index contributed by atoms with van der Waals surface area (Å²) in [6.45, 7) is 8.03. The molecule has 1 N–H and O–H groups in total. The summed E-state index contributed by atoms with van der Waals surface area (Å²) in [5.41, 5.74) is 4.64. The number of hydrogen-bond acceptors (Lipinski definition) is 6. The third-order valence-electron chi connectivity index (χ3n) is 5.08. The maximum absolute atomic E-state index is 12.4. The summed E-state index contributed by atoms with van der Waals surface area (Å²) in [5, 5.41) is 4.58. The number of aromatic nitrogens is 2. The molecule has 1 fully saturated rings. The molecular formula is C24H27N3O4. The molecule has 1 unspecified atom stereocenters. The number of nitrogens with one attached hydrogen (secondary N) is 1. The number of aryl methyl sites for hydroxylation is 2. The summed E-state index contributed by atoms with van der Waals surface area (Å²) in [6.07, 6.45) is 0. The van der Waals surface area contributed by atoms with Crippen LogP contribution >= 0.6 is 0 Å². The Kier molecular flexibility index (Phi) is 5.33. The van der Waals surface area contributed by atoms with Crippen LogP contribution in [0.2, 0.25) is 0 Å². The topological polar surface area (TPSA) is 74.6 Å². The molecule has 31 heavy (non-hydrogen) atoms. The molecule has 0 aliphatic carbocycles. The maximum atomic E-state index is 12.4. The van der Waals surface area contributed by atoms with Crippen molar-refractivity contribution in [3.63, 3.8) is 0 Å². The number of ether oxygens (including phenoxy) is 2. The fourth-order valence-electron chi connectivity index (χ4n) is 3.69. The third-order valence-corrected chi connectivity index (χ3v) is 5.08. The van der Waals surface area contributed by atoms with Gasteiger partial charge >= 0.3 is 5.97 Å². The predicted octanol–water partition coefficient (Wildman–Crippen LogP) is 4.25. The summed E-state index contributed by atoms with van der Waals surface area (Å²) in [4.78, 5) is 18.3. The van der Waals surface area contributed by atoms with E-state index in [1.54, 1.807) is 16.8 Å². The van der Waals surface area contributed by atoms with Crippen LogP contribution in [-0.2, 0) is 22.2 Å². The summed E-state index contributed by atoms with van der Waals surface area (Å²) >= 11 is 0. The lowest BCUT2D eigenvalue weighted by Gasteiger charge is -2.42. The first-order valence-electron chi connectivity index (χ1n) is 10.2. The Balaban J connectivity index is 1.70. The van der Waals surface area contributed by atoms with Gasteiger partial charge in [0.1, 0.15) is 11.4 Å². The highest BCUT2D eigenvalue weighted by Gasteiger charge is 2.48. The van der Waals surface area contributed by atoms with Crippen molar-refractivity contribution < 1.29 is 19.1 Å².